The quantitative estimate of drug-likeness (QED) is 0.640. The molecule has 6 heteroatoms. The number of aliphatic imine (C=N–C) groups is 2. The van der Waals surface area contributed by atoms with Gasteiger partial charge in [-0.15, -0.1) is 0 Å². The Bertz CT molecular complexity index is 413. The zero-order chi connectivity index (χ0) is 11.4. The zero-order valence-electron chi connectivity index (χ0n) is 8.80. The Labute approximate surface area is 93.5 Å². The van der Waals surface area contributed by atoms with Gasteiger partial charge in [-0.1, -0.05) is 6.07 Å². The molecule has 0 amide bonds. The van der Waals surface area contributed by atoms with E-state index < -0.39 is 5.79 Å². The molecular weight excluding hydrogens is 204 g/mol. The summed E-state index contributed by atoms with van der Waals surface area (Å²) in [6, 6.07) is 5.76. The lowest BCUT2D eigenvalue weighted by Crippen LogP contribution is -2.46. The van der Waals surface area contributed by atoms with Crippen LogP contribution in [0.25, 0.3) is 0 Å². The number of hydrogen-bond donors (Lipinski definition) is 3. The largest absolute Gasteiger partial charge is 0.370 e. The van der Waals surface area contributed by atoms with Crippen LogP contribution in [0.1, 0.15) is 12.1 Å². The number of nitrogens with one attached hydrogen (secondary N) is 1. The molecule has 16 heavy (non-hydrogen) atoms. The molecule has 0 fully saturated rings. The Balaban J connectivity index is 2.00. The van der Waals surface area contributed by atoms with E-state index in [1.165, 1.54) is 6.34 Å². The minimum absolute atomic E-state index is 0.290. The van der Waals surface area contributed by atoms with Crippen molar-refractivity contribution in [1.29, 1.82) is 0 Å². The molecule has 0 bridgehead atoms. The second kappa shape index (κ2) is 4.28. The molecule has 0 spiro atoms. The van der Waals surface area contributed by atoms with Crippen molar-refractivity contribution < 1.29 is 0 Å². The monoisotopic (exact) mass is 218 g/mol. The summed E-state index contributed by atoms with van der Waals surface area (Å²) >= 11 is 0. The van der Waals surface area contributed by atoms with Crippen LogP contribution < -0.4 is 16.8 Å². The maximum absolute atomic E-state index is 5.96. The van der Waals surface area contributed by atoms with E-state index in [0.29, 0.717) is 18.8 Å². The molecule has 0 aliphatic carbocycles. The molecule has 1 aromatic rings. The first-order chi connectivity index (χ1) is 7.68. The molecule has 6 nitrogen and oxygen atoms in total. The molecule has 1 aliphatic heterocycles. The van der Waals surface area contributed by atoms with Gasteiger partial charge in [-0.2, -0.15) is 0 Å². The van der Waals surface area contributed by atoms with Crippen LogP contribution >= 0.6 is 0 Å². The van der Waals surface area contributed by atoms with E-state index in [9.17, 15) is 0 Å². The molecular formula is C10H14N6. The highest BCUT2D eigenvalue weighted by atomic mass is 15.3. The molecule has 84 valence electrons. The molecule has 5 N–H and O–H groups in total. The van der Waals surface area contributed by atoms with Crippen LogP contribution in [0.3, 0.4) is 0 Å². The van der Waals surface area contributed by atoms with Crippen LogP contribution in [0.15, 0.2) is 34.4 Å². The Morgan fingerprint density at radius 3 is 2.94 bits per heavy atom. The van der Waals surface area contributed by atoms with Crippen LogP contribution in [0.4, 0.5) is 0 Å². The van der Waals surface area contributed by atoms with Gasteiger partial charge in [-0.25, -0.2) is 9.98 Å². The van der Waals surface area contributed by atoms with Crippen LogP contribution in [0, 0.1) is 0 Å². The number of nitrogens with two attached hydrogens (primary N) is 2. The smallest absolute Gasteiger partial charge is 0.207 e. The van der Waals surface area contributed by atoms with Gasteiger partial charge in [0.25, 0.3) is 0 Å². The number of nitrogens with zero attached hydrogens (tertiary/aromatic N) is 3. The summed E-state index contributed by atoms with van der Waals surface area (Å²) in [7, 11) is 0. The van der Waals surface area contributed by atoms with E-state index in [1.54, 1.807) is 6.20 Å². The maximum atomic E-state index is 5.96. The summed E-state index contributed by atoms with van der Waals surface area (Å²) in [6.45, 7) is 0. The van der Waals surface area contributed by atoms with Crippen molar-refractivity contribution in [1.82, 2.24) is 10.3 Å². The summed E-state index contributed by atoms with van der Waals surface area (Å²) in [5.74, 6) is -0.675. The molecule has 0 saturated heterocycles. The Kier molecular flexibility index (Phi) is 2.82. The summed E-state index contributed by atoms with van der Waals surface area (Å²) in [6.07, 6.45) is 4.51. The summed E-state index contributed by atoms with van der Waals surface area (Å²) in [5.41, 5.74) is 12.5. The van der Waals surface area contributed by atoms with Crippen LogP contribution in [-0.4, -0.2) is 23.1 Å². The van der Waals surface area contributed by atoms with E-state index >= 15 is 0 Å². The van der Waals surface area contributed by atoms with E-state index in [-0.39, 0.29) is 0 Å². The normalized spacial score (nSPS) is 23.7. The Hall–Kier alpha value is -1.95. The fourth-order valence-electron chi connectivity index (χ4n) is 1.46. The topological polar surface area (TPSA) is 102 Å². The van der Waals surface area contributed by atoms with Crippen molar-refractivity contribution in [2.45, 2.75) is 18.6 Å². The first-order valence-corrected chi connectivity index (χ1v) is 5.02. The third-order valence-corrected chi connectivity index (χ3v) is 2.29. The third-order valence-electron chi connectivity index (χ3n) is 2.29. The van der Waals surface area contributed by atoms with Gasteiger partial charge in [0.15, 0.2) is 5.96 Å². The highest BCUT2D eigenvalue weighted by Crippen LogP contribution is 2.14. The van der Waals surface area contributed by atoms with E-state index in [4.69, 9.17) is 11.5 Å². The molecule has 0 saturated carbocycles. The van der Waals surface area contributed by atoms with Crippen molar-refractivity contribution in [3.05, 3.63) is 30.1 Å². The van der Waals surface area contributed by atoms with Crippen molar-refractivity contribution in [3.8, 4) is 0 Å². The van der Waals surface area contributed by atoms with Crippen molar-refractivity contribution in [2.24, 2.45) is 21.5 Å². The van der Waals surface area contributed by atoms with Crippen molar-refractivity contribution in [2.75, 3.05) is 0 Å². The average Bonchev–Trinajstić information content (AvgIpc) is 2.28. The number of rotatable bonds is 3. The molecule has 0 radical (unpaired) electrons. The molecule has 1 aliphatic rings. The highest BCUT2D eigenvalue weighted by molar-refractivity contribution is 5.90. The van der Waals surface area contributed by atoms with Gasteiger partial charge < -0.3 is 11.1 Å². The minimum Gasteiger partial charge on any atom is -0.370 e. The first-order valence-electron chi connectivity index (χ1n) is 5.02. The molecule has 2 heterocycles. The Morgan fingerprint density at radius 2 is 2.25 bits per heavy atom. The van der Waals surface area contributed by atoms with Gasteiger partial charge in [0.2, 0.25) is 5.79 Å². The van der Waals surface area contributed by atoms with Crippen molar-refractivity contribution in [3.63, 3.8) is 0 Å². The van der Waals surface area contributed by atoms with Crippen LogP contribution in [-0.2, 0) is 6.42 Å². The first kappa shape index (κ1) is 10.6. The fourth-order valence-corrected chi connectivity index (χ4v) is 1.46. The minimum atomic E-state index is -0.965. The highest BCUT2D eigenvalue weighted by Gasteiger charge is 2.24. The number of aromatic nitrogens is 1. The molecule has 1 aromatic heterocycles. The third kappa shape index (κ3) is 2.54. The lowest BCUT2D eigenvalue weighted by atomic mass is 10.1. The summed E-state index contributed by atoms with van der Waals surface area (Å²) in [5, 5.41) is 2.68. The van der Waals surface area contributed by atoms with Gasteiger partial charge in [-0.3, -0.25) is 10.7 Å². The lowest BCUT2D eigenvalue weighted by molar-refractivity contribution is 0.425. The average molecular weight is 218 g/mol. The van der Waals surface area contributed by atoms with Crippen LogP contribution in [0.2, 0.25) is 0 Å². The van der Waals surface area contributed by atoms with Crippen LogP contribution in [0.5, 0.6) is 0 Å². The van der Waals surface area contributed by atoms with Gasteiger partial charge in [-0.05, 0) is 18.6 Å². The summed E-state index contributed by atoms with van der Waals surface area (Å²) < 4.78 is 0. The predicted molar refractivity (Wildman–Crippen MR) is 62.7 cm³/mol. The number of guanidine groups is 1. The van der Waals surface area contributed by atoms with Gasteiger partial charge in [0.1, 0.15) is 0 Å². The van der Waals surface area contributed by atoms with Crippen molar-refractivity contribution >= 4 is 12.3 Å². The standard InChI is InChI=1S/C10H14N6/c11-9-14-7-15-10(12,16-9)5-4-8-3-1-2-6-13-8/h1-3,6-7H,4-5,12H2,(H3,11,14,15,16). The number of aryl methyl sites for hydroxylation is 1. The number of hydrogen-bond acceptors (Lipinski definition) is 6. The predicted octanol–water partition coefficient (Wildman–Crippen LogP) is -0.427. The summed E-state index contributed by atoms with van der Waals surface area (Å²) in [4.78, 5) is 12.3. The molecule has 0 aromatic carbocycles. The van der Waals surface area contributed by atoms with Gasteiger partial charge in [0.05, 0.1) is 6.34 Å². The fraction of sp³-hybridized carbons (Fsp3) is 0.300. The van der Waals surface area contributed by atoms with Gasteiger partial charge in [0, 0.05) is 18.3 Å². The van der Waals surface area contributed by atoms with E-state index in [2.05, 4.69) is 20.3 Å². The molecule has 1 atom stereocenters. The lowest BCUT2D eigenvalue weighted by Gasteiger charge is -2.23. The van der Waals surface area contributed by atoms with E-state index in [0.717, 1.165) is 5.69 Å². The maximum Gasteiger partial charge on any atom is 0.207 e. The second-order valence-corrected chi connectivity index (χ2v) is 3.60. The number of pyridine rings is 1. The Morgan fingerprint density at radius 1 is 1.38 bits per heavy atom. The molecule has 2 rings (SSSR count). The van der Waals surface area contributed by atoms with E-state index in [1.807, 2.05) is 18.2 Å². The van der Waals surface area contributed by atoms with Gasteiger partial charge >= 0.3 is 0 Å². The molecule has 1 unspecified atom stereocenters. The second-order valence-electron chi connectivity index (χ2n) is 3.60. The SMILES string of the molecule is NC1=NC(N)(CCc2ccccn2)N=CN1. The zero-order valence-corrected chi connectivity index (χ0v) is 8.80.